The lowest BCUT2D eigenvalue weighted by molar-refractivity contribution is 0.971. The quantitative estimate of drug-likeness (QED) is 0.721. The molecule has 2 rings (SSSR count). The molecule has 0 amide bonds. The minimum Gasteiger partial charge on any atom is -0.330 e. The van der Waals surface area contributed by atoms with Gasteiger partial charge >= 0.3 is 0 Å². The highest BCUT2D eigenvalue weighted by Gasteiger charge is 1.96. The third kappa shape index (κ3) is 1.91. The second-order valence-electron chi connectivity index (χ2n) is 3.40. The van der Waals surface area contributed by atoms with Crippen molar-refractivity contribution >= 4 is 23.4 Å². The highest BCUT2D eigenvalue weighted by Crippen LogP contribution is 2.19. The van der Waals surface area contributed by atoms with Gasteiger partial charge in [-0.15, -0.1) is 12.6 Å². The summed E-state index contributed by atoms with van der Waals surface area (Å²) in [6.45, 7) is 0.705. The first-order chi connectivity index (χ1) is 6.79. The third-order valence-corrected chi connectivity index (χ3v) is 2.60. The van der Waals surface area contributed by atoms with Crippen molar-refractivity contribution in [2.24, 2.45) is 5.73 Å². The van der Waals surface area contributed by atoms with E-state index in [0.29, 0.717) is 6.54 Å². The Hall–Kier alpha value is -0.990. The van der Waals surface area contributed by atoms with E-state index in [9.17, 15) is 0 Å². The molecule has 0 bridgehead atoms. The summed E-state index contributed by atoms with van der Waals surface area (Å²) in [4.78, 5) is 1.00. The molecule has 1 nitrogen and oxygen atoms in total. The van der Waals surface area contributed by atoms with Gasteiger partial charge in [0.15, 0.2) is 0 Å². The predicted octanol–water partition coefficient (Wildman–Crippen LogP) is 2.63. The van der Waals surface area contributed by atoms with Gasteiger partial charge in [-0.05, 0) is 41.4 Å². The van der Waals surface area contributed by atoms with E-state index in [2.05, 4.69) is 43.0 Å². The molecule has 2 N–H and O–H groups in total. The standard InChI is InChI=1S/C12H13NS/c13-6-5-9-1-2-11-8-12(14)4-3-10(11)7-9/h1-4,7-8,14H,5-6,13H2. The van der Waals surface area contributed by atoms with Crippen LogP contribution in [0.4, 0.5) is 0 Å². The number of fused-ring (bicyclic) bond motifs is 1. The fourth-order valence-electron chi connectivity index (χ4n) is 1.60. The van der Waals surface area contributed by atoms with E-state index in [4.69, 9.17) is 5.73 Å². The summed E-state index contributed by atoms with van der Waals surface area (Å²) in [6, 6.07) is 12.6. The molecule has 0 heterocycles. The Kier molecular flexibility index (Phi) is 2.75. The average Bonchev–Trinajstić information content (AvgIpc) is 2.19. The molecule has 0 saturated heterocycles. The number of benzene rings is 2. The molecule has 72 valence electrons. The molecular formula is C12H13NS. The number of hydrogen-bond acceptors (Lipinski definition) is 2. The van der Waals surface area contributed by atoms with Crippen molar-refractivity contribution in [3.8, 4) is 0 Å². The summed E-state index contributed by atoms with van der Waals surface area (Å²) in [5.74, 6) is 0. The second kappa shape index (κ2) is 4.03. The van der Waals surface area contributed by atoms with Gasteiger partial charge in [0, 0.05) is 4.90 Å². The van der Waals surface area contributed by atoms with Crippen LogP contribution in [0.25, 0.3) is 10.8 Å². The molecule has 2 aromatic rings. The Morgan fingerprint density at radius 2 is 1.71 bits per heavy atom. The van der Waals surface area contributed by atoms with Crippen LogP contribution >= 0.6 is 12.6 Å². The zero-order valence-corrected chi connectivity index (χ0v) is 8.80. The molecule has 14 heavy (non-hydrogen) atoms. The zero-order valence-electron chi connectivity index (χ0n) is 7.90. The van der Waals surface area contributed by atoms with E-state index in [1.807, 2.05) is 6.07 Å². The number of hydrogen-bond donors (Lipinski definition) is 2. The lowest BCUT2D eigenvalue weighted by atomic mass is 10.1. The van der Waals surface area contributed by atoms with Crippen LogP contribution in [-0.4, -0.2) is 6.54 Å². The monoisotopic (exact) mass is 203 g/mol. The van der Waals surface area contributed by atoms with E-state index >= 15 is 0 Å². The maximum Gasteiger partial charge on any atom is 0.00463 e. The molecule has 2 heteroatoms. The van der Waals surface area contributed by atoms with Crippen molar-refractivity contribution in [3.05, 3.63) is 42.0 Å². The summed E-state index contributed by atoms with van der Waals surface area (Å²) in [7, 11) is 0. The van der Waals surface area contributed by atoms with Crippen LogP contribution in [0.15, 0.2) is 41.3 Å². The largest absolute Gasteiger partial charge is 0.330 e. The second-order valence-corrected chi connectivity index (χ2v) is 3.92. The minimum absolute atomic E-state index is 0.705. The number of nitrogens with two attached hydrogens (primary N) is 1. The van der Waals surface area contributed by atoms with Gasteiger partial charge < -0.3 is 5.73 Å². The molecule has 2 aromatic carbocycles. The Labute approximate surface area is 89.3 Å². The van der Waals surface area contributed by atoms with Crippen LogP contribution in [0.3, 0.4) is 0 Å². The first-order valence-corrected chi connectivity index (χ1v) is 5.16. The molecule has 0 spiro atoms. The Balaban J connectivity index is 2.50. The van der Waals surface area contributed by atoms with Gasteiger partial charge in [-0.1, -0.05) is 24.3 Å². The van der Waals surface area contributed by atoms with Crippen molar-refractivity contribution in [3.63, 3.8) is 0 Å². The third-order valence-electron chi connectivity index (χ3n) is 2.32. The summed E-state index contributed by atoms with van der Waals surface area (Å²) >= 11 is 4.31. The van der Waals surface area contributed by atoms with E-state index in [1.54, 1.807) is 0 Å². The average molecular weight is 203 g/mol. The number of thiol groups is 1. The molecule has 0 fully saturated rings. The molecule has 0 unspecified atom stereocenters. The fourth-order valence-corrected chi connectivity index (χ4v) is 1.82. The van der Waals surface area contributed by atoms with Gasteiger partial charge in [0.25, 0.3) is 0 Å². The van der Waals surface area contributed by atoms with Crippen LogP contribution in [0.2, 0.25) is 0 Å². The van der Waals surface area contributed by atoms with Gasteiger partial charge in [-0.3, -0.25) is 0 Å². The van der Waals surface area contributed by atoms with Crippen LogP contribution < -0.4 is 5.73 Å². The molecule has 0 aromatic heterocycles. The predicted molar refractivity (Wildman–Crippen MR) is 64.0 cm³/mol. The molecule has 0 aliphatic carbocycles. The fraction of sp³-hybridized carbons (Fsp3) is 0.167. The molecule has 0 radical (unpaired) electrons. The number of rotatable bonds is 2. The van der Waals surface area contributed by atoms with Crippen LogP contribution in [-0.2, 0) is 6.42 Å². The first-order valence-electron chi connectivity index (χ1n) is 4.71. The summed E-state index contributed by atoms with van der Waals surface area (Å²) in [5, 5.41) is 2.49. The van der Waals surface area contributed by atoms with E-state index < -0.39 is 0 Å². The summed E-state index contributed by atoms with van der Waals surface area (Å²) in [6.07, 6.45) is 0.943. The van der Waals surface area contributed by atoms with Crippen LogP contribution in [0.1, 0.15) is 5.56 Å². The van der Waals surface area contributed by atoms with Gasteiger partial charge in [0.2, 0.25) is 0 Å². The van der Waals surface area contributed by atoms with E-state index in [1.165, 1.54) is 16.3 Å². The van der Waals surface area contributed by atoms with Crippen LogP contribution in [0, 0.1) is 0 Å². The maximum absolute atomic E-state index is 5.52. The highest BCUT2D eigenvalue weighted by atomic mass is 32.1. The first kappa shape index (κ1) is 9.56. The topological polar surface area (TPSA) is 26.0 Å². The van der Waals surface area contributed by atoms with Gasteiger partial charge in [-0.25, -0.2) is 0 Å². The van der Waals surface area contributed by atoms with Crippen LogP contribution in [0.5, 0.6) is 0 Å². The van der Waals surface area contributed by atoms with Crippen molar-refractivity contribution in [2.45, 2.75) is 11.3 Å². The molecule has 0 aliphatic heterocycles. The van der Waals surface area contributed by atoms with E-state index in [0.717, 1.165) is 11.3 Å². The molecule has 0 aliphatic rings. The van der Waals surface area contributed by atoms with Gasteiger partial charge in [0.05, 0.1) is 0 Å². The maximum atomic E-state index is 5.52. The summed E-state index contributed by atoms with van der Waals surface area (Å²) < 4.78 is 0. The van der Waals surface area contributed by atoms with Crippen molar-refractivity contribution < 1.29 is 0 Å². The molecule has 0 saturated carbocycles. The lowest BCUT2D eigenvalue weighted by Gasteiger charge is -2.02. The smallest absolute Gasteiger partial charge is 0.00463 e. The summed E-state index contributed by atoms with van der Waals surface area (Å²) in [5.41, 5.74) is 6.81. The Morgan fingerprint density at radius 1 is 1.00 bits per heavy atom. The Bertz CT molecular complexity index is 451. The Morgan fingerprint density at radius 3 is 2.50 bits per heavy atom. The highest BCUT2D eigenvalue weighted by molar-refractivity contribution is 7.80. The van der Waals surface area contributed by atoms with Crippen molar-refractivity contribution in [1.82, 2.24) is 0 Å². The van der Waals surface area contributed by atoms with Crippen molar-refractivity contribution in [1.29, 1.82) is 0 Å². The molecule has 0 atom stereocenters. The minimum atomic E-state index is 0.705. The lowest BCUT2D eigenvalue weighted by Crippen LogP contribution is -2.02. The SMILES string of the molecule is NCCc1ccc2cc(S)ccc2c1. The normalized spacial score (nSPS) is 10.7. The molecular weight excluding hydrogens is 190 g/mol. The van der Waals surface area contributed by atoms with E-state index in [-0.39, 0.29) is 0 Å². The van der Waals surface area contributed by atoms with Gasteiger partial charge in [-0.2, -0.15) is 0 Å². The van der Waals surface area contributed by atoms with Gasteiger partial charge in [0.1, 0.15) is 0 Å². The van der Waals surface area contributed by atoms with Crippen molar-refractivity contribution in [2.75, 3.05) is 6.54 Å². The zero-order chi connectivity index (χ0) is 9.97.